The fraction of sp³-hybridized carbons (Fsp3) is 0.368. The second-order valence-electron chi connectivity index (χ2n) is 7.23. The topological polar surface area (TPSA) is 65.7 Å². The van der Waals surface area contributed by atoms with Crippen LogP contribution in [0.2, 0.25) is 0 Å². The van der Waals surface area contributed by atoms with Crippen LogP contribution in [-0.2, 0) is 6.18 Å². The third-order valence-electron chi connectivity index (χ3n) is 5.07. The Kier molecular flexibility index (Phi) is 4.81. The van der Waals surface area contributed by atoms with E-state index in [-0.39, 0.29) is 22.8 Å². The van der Waals surface area contributed by atoms with E-state index in [1.807, 2.05) is 7.05 Å². The van der Waals surface area contributed by atoms with Crippen LogP contribution in [-0.4, -0.2) is 50.8 Å². The van der Waals surface area contributed by atoms with Crippen molar-refractivity contribution in [1.29, 1.82) is 0 Å². The molecule has 1 aliphatic rings. The molecule has 29 heavy (non-hydrogen) atoms. The van der Waals surface area contributed by atoms with Crippen LogP contribution in [0.3, 0.4) is 0 Å². The summed E-state index contributed by atoms with van der Waals surface area (Å²) in [6.07, 6.45) is -1.18. The first-order valence-electron chi connectivity index (χ1n) is 9.13. The van der Waals surface area contributed by atoms with Gasteiger partial charge in [0.05, 0.1) is 5.56 Å². The second-order valence-corrected chi connectivity index (χ2v) is 7.23. The van der Waals surface area contributed by atoms with E-state index >= 15 is 0 Å². The lowest BCUT2D eigenvalue weighted by Gasteiger charge is -2.30. The number of phenols is 1. The number of alkyl halides is 3. The second kappa shape index (κ2) is 7.18. The number of fused-ring (bicyclic) bond motifs is 1. The van der Waals surface area contributed by atoms with E-state index in [9.17, 15) is 22.7 Å². The van der Waals surface area contributed by atoms with Crippen molar-refractivity contribution in [2.75, 3.05) is 25.5 Å². The van der Waals surface area contributed by atoms with Gasteiger partial charge in [-0.3, -0.25) is 4.40 Å². The van der Waals surface area contributed by atoms with Crippen molar-refractivity contribution in [2.45, 2.75) is 25.1 Å². The van der Waals surface area contributed by atoms with Crippen molar-refractivity contribution < 1.29 is 22.7 Å². The van der Waals surface area contributed by atoms with E-state index in [1.165, 1.54) is 16.7 Å². The zero-order chi connectivity index (χ0) is 20.8. The normalized spacial score (nSPS) is 18.3. The van der Waals surface area contributed by atoms with Gasteiger partial charge in [-0.2, -0.15) is 13.2 Å². The fourth-order valence-corrected chi connectivity index (χ4v) is 3.66. The Bertz CT molecular complexity index is 1050. The Morgan fingerprint density at radius 1 is 1.21 bits per heavy atom. The van der Waals surface area contributed by atoms with Crippen molar-refractivity contribution in [3.8, 4) is 17.0 Å². The standard InChI is InChI=1S/C19H19F4N5O/c1-27-7-2-3-12(10-27)24-18-26-25-16(17-14(20)6-8-28(17)18)13-5-4-11(9-15(13)29)19(21,22)23/h4-6,8-9,12,29H,2-3,7,10H2,1H3,(H,24,26)/t12-/m1/s1. The molecule has 0 unspecified atom stereocenters. The van der Waals surface area contributed by atoms with E-state index < -0.39 is 23.3 Å². The van der Waals surface area contributed by atoms with Gasteiger partial charge < -0.3 is 15.3 Å². The monoisotopic (exact) mass is 409 g/mol. The van der Waals surface area contributed by atoms with Crippen LogP contribution in [0.4, 0.5) is 23.5 Å². The number of halogens is 4. The Morgan fingerprint density at radius 3 is 2.69 bits per heavy atom. The van der Waals surface area contributed by atoms with Gasteiger partial charge in [-0.05, 0) is 50.7 Å². The molecule has 4 rings (SSSR count). The molecule has 3 aromatic rings. The summed E-state index contributed by atoms with van der Waals surface area (Å²) in [5.41, 5.74) is -1.04. The summed E-state index contributed by atoms with van der Waals surface area (Å²) in [7, 11) is 2.01. The number of benzene rings is 1. The van der Waals surface area contributed by atoms with Crippen LogP contribution >= 0.6 is 0 Å². The van der Waals surface area contributed by atoms with Crippen LogP contribution in [0.1, 0.15) is 18.4 Å². The Hall–Kier alpha value is -2.88. The molecule has 154 valence electrons. The number of rotatable bonds is 3. The van der Waals surface area contributed by atoms with E-state index in [1.54, 1.807) is 0 Å². The Labute approximate surface area is 163 Å². The molecule has 10 heteroatoms. The average Bonchev–Trinajstić information content (AvgIpc) is 3.04. The van der Waals surface area contributed by atoms with Gasteiger partial charge in [0.1, 0.15) is 17.0 Å². The zero-order valence-corrected chi connectivity index (χ0v) is 15.5. The summed E-state index contributed by atoms with van der Waals surface area (Å²) < 4.78 is 54.6. The highest BCUT2D eigenvalue weighted by molar-refractivity contribution is 5.81. The van der Waals surface area contributed by atoms with Crippen molar-refractivity contribution in [1.82, 2.24) is 19.5 Å². The number of likely N-dealkylation sites (N-methyl/N-ethyl adjacent to an activating group) is 1. The molecule has 1 fully saturated rings. The van der Waals surface area contributed by atoms with Crippen molar-refractivity contribution in [3.05, 3.63) is 41.8 Å². The average molecular weight is 409 g/mol. The SMILES string of the molecule is CN1CCC[C@@H](Nc2nnc(-c3ccc(C(F)(F)F)cc3O)c3c(F)ccn23)C1. The Morgan fingerprint density at radius 2 is 2.00 bits per heavy atom. The van der Waals surface area contributed by atoms with E-state index in [4.69, 9.17) is 0 Å². The first-order valence-corrected chi connectivity index (χ1v) is 9.13. The third-order valence-corrected chi connectivity index (χ3v) is 5.07. The van der Waals surface area contributed by atoms with Crippen LogP contribution in [0.15, 0.2) is 30.5 Å². The maximum atomic E-state index is 14.5. The molecular formula is C19H19F4N5O. The highest BCUT2D eigenvalue weighted by atomic mass is 19.4. The maximum absolute atomic E-state index is 14.5. The summed E-state index contributed by atoms with van der Waals surface area (Å²) in [5, 5.41) is 21.5. The van der Waals surface area contributed by atoms with Crippen LogP contribution in [0.25, 0.3) is 16.8 Å². The highest BCUT2D eigenvalue weighted by Crippen LogP contribution is 2.37. The largest absolute Gasteiger partial charge is 0.507 e. The number of likely N-dealkylation sites (tertiary alicyclic amines) is 1. The van der Waals surface area contributed by atoms with Crippen molar-refractivity contribution in [2.24, 2.45) is 0 Å². The number of aromatic nitrogens is 3. The lowest BCUT2D eigenvalue weighted by atomic mass is 10.1. The Balaban J connectivity index is 1.75. The van der Waals surface area contributed by atoms with Gasteiger partial charge in [0.2, 0.25) is 5.95 Å². The number of anilines is 1. The molecule has 1 aliphatic heterocycles. The summed E-state index contributed by atoms with van der Waals surface area (Å²) in [5.74, 6) is -0.927. The molecule has 0 saturated carbocycles. The predicted molar refractivity (Wildman–Crippen MR) is 99.2 cm³/mol. The first-order chi connectivity index (χ1) is 13.7. The summed E-state index contributed by atoms with van der Waals surface area (Å²) in [4.78, 5) is 2.18. The molecule has 2 N–H and O–H groups in total. The van der Waals surface area contributed by atoms with Crippen LogP contribution in [0.5, 0.6) is 5.75 Å². The lowest BCUT2D eigenvalue weighted by molar-refractivity contribution is -0.137. The summed E-state index contributed by atoms with van der Waals surface area (Å²) in [6, 6.07) is 3.82. The third kappa shape index (κ3) is 3.71. The van der Waals surface area contributed by atoms with E-state index in [0.29, 0.717) is 12.0 Å². The van der Waals surface area contributed by atoms with E-state index in [0.717, 1.165) is 38.1 Å². The minimum absolute atomic E-state index is 0.0294. The lowest BCUT2D eigenvalue weighted by Crippen LogP contribution is -2.40. The zero-order valence-electron chi connectivity index (χ0n) is 15.5. The number of aromatic hydroxyl groups is 1. The predicted octanol–water partition coefficient (Wildman–Crippen LogP) is 3.77. The van der Waals surface area contributed by atoms with Gasteiger partial charge >= 0.3 is 6.18 Å². The molecule has 0 aliphatic carbocycles. The van der Waals surface area contributed by atoms with Crippen molar-refractivity contribution in [3.63, 3.8) is 0 Å². The van der Waals surface area contributed by atoms with E-state index in [2.05, 4.69) is 20.4 Å². The first kappa shape index (κ1) is 19.4. The minimum atomic E-state index is -4.60. The van der Waals surface area contributed by atoms with Crippen LogP contribution in [0, 0.1) is 5.82 Å². The van der Waals surface area contributed by atoms with Crippen LogP contribution < -0.4 is 5.32 Å². The number of nitrogens with one attached hydrogen (secondary N) is 1. The van der Waals surface area contributed by atoms with Gasteiger partial charge in [0, 0.05) is 24.3 Å². The molecule has 2 aromatic heterocycles. The molecule has 0 bridgehead atoms. The fourth-order valence-electron chi connectivity index (χ4n) is 3.66. The maximum Gasteiger partial charge on any atom is 0.416 e. The highest BCUT2D eigenvalue weighted by Gasteiger charge is 2.31. The van der Waals surface area contributed by atoms with Gasteiger partial charge in [0.25, 0.3) is 0 Å². The molecule has 6 nitrogen and oxygen atoms in total. The molecular weight excluding hydrogens is 390 g/mol. The van der Waals surface area contributed by atoms with Gasteiger partial charge in [-0.15, -0.1) is 10.2 Å². The van der Waals surface area contributed by atoms with Gasteiger partial charge in [-0.25, -0.2) is 4.39 Å². The number of nitrogens with zero attached hydrogens (tertiary/aromatic N) is 4. The molecule has 1 atom stereocenters. The van der Waals surface area contributed by atoms with Gasteiger partial charge in [-0.1, -0.05) is 0 Å². The quantitative estimate of drug-likeness (QED) is 0.645. The molecule has 0 spiro atoms. The summed E-state index contributed by atoms with van der Waals surface area (Å²) >= 11 is 0. The molecule has 0 radical (unpaired) electrons. The smallest absolute Gasteiger partial charge is 0.416 e. The molecule has 0 amide bonds. The summed E-state index contributed by atoms with van der Waals surface area (Å²) in [6.45, 7) is 1.80. The number of piperidine rings is 1. The van der Waals surface area contributed by atoms with Gasteiger partial charge in [0.15, 0.2) is 5.82 Å². The minimum Gasteiger partial charge on any atom is -0.507 e. The number of hydrogen-bond donors (Lipinski definition) is 2. The molecule has 1 saturated heterocycles. The van der Waals surface area contributed by atoms with Crippen molar-refractivity contribution >= 4 is 11.5 Å². The number of phenolic OH excluding ortho intramolecular Hbond substituents is 1. The number of hydrogen-bond acceptors (Lipinski definition) is 5. The molecule has 1 aromatic carbocycles. The molecule has 3 heterocycles.